The Morgan fingerprint density at radius 3 is 1.35 bits per heavy atom. The van der Waals surface area contributed by atoms with Crippen LogP contribution in [0.1, 0.15) is 143 Å². The molecule has 26 heavy (non-hydrogen) atoms. The Kier molecular flexibility index (Phi) is 12.6. The van der Waals surface area contributed by atoms with Crippen LogP contribution in [0.4, 0.5) is 0 Å². The molecule has 0 N–H and O–H groups in total. The van der Waals surface area contributed by atoms with Gasteiger partial charge in [0.15, 0.2) is 0 Å². The van der Waals surface area contributed by atoms with Gasteiger partial charge in [-0.2, -0.15) is 0 Å². The predicted molar refractivity (Wildman–Crippen MR) is 119 cm³/mol. The van der Waals surface area contributed by atoms with Gasteiger partial charge in [0.05, 0.1) is 5.54 Å². The molecule has 0 aromatic heterocycles. The first-order chi connectivity index (χ1) is 12.5. The van der Waals surface area contributed by atoms with E-state index >= 15 is 0 Å². The minimum absolute atomic E-state index is 0.236. The molecule has 0 bridgehead atoms. The highest BCUT2D eigenvalue weighted by Crippen LogP contribution is 2.38. The van der Waals surface area contributed by atoms with E-state index in [1.54, 1.807) is 0 Å². The topological polar surface area (TPSA) is 12.4 Å². The molecule has 154 valence electrons. The smallest absolute Gasteiger partial charge is 0.0585 e. The minimum atomic E-state index is 0.236. The lowest BCUT2D eigenvalue weighted by Gasteiger charge is -2.24. The summed E-state index contributed by atoms with van der Waals surface area (Å²) in [4.78, 5) is 4.80. The number of hydrogen-bond donors (Lipinski definition) is 0. The van der Waals surface area contributed by atoms with Crippen molar-refractivity contribution in [2.45, 2.75) is 149 Å². The van der Waals surface area contributed by atoms with Gasteiger partial charge in [0.25, 0.3) is 0 Å². The number of hydrogen-bond acceptors (Lipinski definition) is 1. The van der Waals surface area contributed by atoms with E-state index in [-0.39, 0.29) is 5.54 Å². The van der Waals surface area contributed by atoms with Crippen molar-refractivity contribution in [1.82, 2.24) is 0 Å². The number of unbranched alkanes of at least 4 members (excludes halogenated alkanes) is 15. The second-order valence-corrected chi connectivity index (χ2v) is 9.97. The lowest BCUT2D eigenvalue weighted by molar-refractivity contribution is 0.337. The van der Waals surface area contributed by atoms with Gasteiger partial charge in [0.2, 0.25) is 0 Å². The standard InChI is InChI=1S/C25H49N/c1-5-6-7-8-9-10-11-12-13-14-15-16-17-18-19-20-21-25(4)22-24(2,3)23-26-25/h23H,5-22H2,1-4H3. The molecular formula is C25H49N. The minimum Gasteiger partial charge on any atom is -0.291 e. The molecule has 0 aliphatic carbocycles. The molecule has 0 saturated carbocycles. The van der Waals surface area contributed by atoms with Gasteiger partial charge in [0, 0.05) is 11.6 Å². The molecule has 1 nitrogen and oxygen atoms in total. The van der Waals surface area contributed by atoms with E-state index in [0.29, 0.717) is 5.41 Å². The summed E-state index contributed by atoms with van der Waals surface area (Å²) in [6, 6.07) is 0. The molecule has 0 radical (unpaired) electrons. The zero-order valence-corrected chi connectivity index (χ0v) is 18.8. The zero-order valence-electron chi connectivity index (χ0n) is 18.8. The molecule has 1 rings (SSSR count). The Morgan fingerprint density at radius 2 is 1.00 bits per heavy atom. The first-order valence-corrected chi connectivity index (χ1v) is 12.0. The predicted octanol–water partition coefficient (Wildman–Crippen LogP) is 8.90. The van der Waals surface area contributed by atoms with Crippen LogP contribution in [0.3, 0.4) is 0 Å². The van der Waals surface area contributed by atoms with Crippen molar-refractivity contribution in [1.29, 1.82) is 0 Å². The van der Waals surface area contributed by atoms with Crippen LogP contribution in [-0.4, -0.2) is 11.8 Å². The number of rotatable bonds is 17. The Hall–Kier alpha value is -0.330. The normalized spacial score (nSPS) is 21.5. The third-order valence-electron chi connectivity index (χ3n) is 6.13. The molecule has 0 fully saturated rings. The highest BCUT2D eigenvalue weighted by molar-refractivity contribution is 5.68. The van der Waals surface area contributed by atoms with Gasteiger partial charge in [-0.15, -0.1) is 0 Å². The second kappa shape index (κ2) is 13.8. The molecule has 1 heteroatoms. The highest BCUT2D eigenvalue weighted by atomic mass is 14.9. The van der Waals surface area contributed by atoms with Crippen LogP contribution in [0.5, 0.6) is 0 Å². The quantitative estimate of drug-likeness (QED) is 0.229. The monoisotopic (exact) mass is 363 g/mol. The van der Waals surface area contributed by atoms with Crippen LogP contribution in [0.25, 0.3) is 0 Å². The largest absolute Gasteiger partial charge is 0.291 e. The van der Waals surface area contributed by atoms with E-state index in [9.17, 15) is 0 Å². The molecule has 1 heterocycles. The van der Waals surface area contributed by atoms with Gasteiger partial charge >= 0.3 is 0 Å². The lowest BCUT2D eigenvalue weighted by atomic mass is 9.81. The summed E-state index contributed by atoms with van der Waals surface area (Å²) < 4.78 is 0. The summed E-state index contributed by atoms with van der Waals surface area (Å²) in [7, 11) is 0. The summed E-state index contributed by atoms with van der Waals surface area (Å²) >= 11 is 0. The molecule has 1 unspecified atom stereocenters. The van der Waals surface area contributed by atoms with E-state index in [4.69, 9.17) is 4.99 Å². The lowest BCUT2D eigenvalue weighted by Crippen LogP contribution is -2.23. The third kappa shape index (κ3) is 12.1. The molecule has 0 saturated heterocycles. The van der Waals surface area contributed by atoms with E-state index in [2.05, 4.69) is 33.9 Å². The number of aliphatic imine (C=N–C) groups is 1. The van der Waals surface area contributed by atoms with E-state index in [1.165, 1.54) is 116 Å². The Labute approximate surface area is 165 Å². The molecule has 0 aromatic rings. The molecule has 1 atom stereocenters. The molecule has 0 spiro atoms. The van der Waals surface area contributed by atoms with Crippen molar-refractivity contribution >= 4 is 6.21 Å². The molecule has 0 amide bonds. The summed E-state index contributed by atoms with van der Waals surface area (Å²) in [5.41, 5.74) is 0.559. The van der Waals surface area contributed by atoms with Crippen molar-refractivity contribution in [3.63, 3.8) is 0 Å². The zero-order chi connectivity index (χ0) is 19.1. The summed E-state index contributed by atoms with van der Waals surface area (Å²) in [5.74, 6) is 0. The van der Waals surface area contributed by atoms with Crippen molar-refractivity contribution in [2.75, 3.05) is 0 Å². The molecular weight excluding hydrogens is 314 g/mol. The Balaban J connectivity index is 1.77. The van der Waals surface area contributed by atoms with Crippen molar-refractivity contribution < 1.29 is 0 Å². The van der Waals surface area contributed by atoms with Gasteiger partial charge < -0.3 is 0 Å². The van der Waals surface area contributed by atoms with Crippen LogP contribution in [-0.2, 0) is 0 Å². The Bertz CT molecular complexity index is 357. The molecule has 0 aromatic carbocycles. The summed E-state index contributed by atoms with van der Waals surface area (Å²) in [6.07, 6.45) is 27.9. The molecule has 1 aliphatic heterocycles. The van der Waals surface area contributed by atoms with Crippen molar-refractivity contribution in [3.05, 3.63) is 0 Å². The fourth-order valence-electron chi connectivity index (χ4n) is 4.61. The van der Waals surface area contributed by atoms with Crippen LogP contribution >= 0.6 is 0 Å². The average molecular weight is 364 g/mol. The van der Waals surface area contributed by atoms with Gasteiger partial charge in [0.1, 0.15) is 0 Å². The number of nitrogens with zero attached hydrogens (tertiary/aromatic N) is 1. The molecule has 1 aliphatic rings. The SMILES string of the molecule is CCCCCCCCCCCCCCCCCCC1(C)CC(C)(C)C=N1. The maximum Gasteiger partial charge on any atom is 0.0585 e. The Morgan fingerprint density at radius 1 is 0.615 bits per heavy atom. The van der Waals surface area contributed by atoms with Crippen LogP contribution < -0.4 is 0 Å². The van der Waals surface area contributed by atoms with Gasteiger partial charge in [-0.05, 0) is 19.8 Å². The maximum absolute atomic E-state index is 4.80. The van der Waals surface area contributed by atoms with Crippen LogP contribution in [0.15, 0.2) is 4.99 Å². The van der Waals surface area contributed by atoms with E-state index in [1.807, 2.05) is 0 Å². The van der Waals surface area contributed by atoms with E-state index in [0.717, 1.165) is 0 Å². The van der Waals surface area contributed by atoms with Crippen molar-refractivity contribution in [2.24, 2.45) is 10.4 Å². The van der Waals surface area contributed by atoms with Crippen LogP contribution in [0.2, 0.25) is 0 Å². The summed E-state index contributed by atoms with van der Waals surface area (Å²) in [5, 5.41) is 0. The second-order valence-electron chi connectivity index (χ2n) is 9.97. The van der Waals surface area contributed by atoms with Gasteiger partial charge in [-0.3, -0.25) is 4.99 Å². The average Bonchev–Trinajstić information content (AvgIpc) is 2.88. The van der Waals surface area contributed by atoms with Crippen molar-refractivity contribution in [3.8, 4) is 0 Å². The van der Waals surface area contributed by atoms with Gasteiger partial charge in [-0.25, -0.2) is 0 Å². The third-order valence-corrected chi connectivity index (χ3v) is 6.13. The summed E-state index contributed by atoms with van der Waals surface area (Å²) in [6.45, 7) is 9.28. The fourth-order valence-corrected chi connectivity index (χ4v) is 4.61. The maximum atomic E-state index is 4.80. The highest BCUT2D eigenvalue weighted by Gasteiger charge is 2.35. The van der Waals surface area contributed by atoms with Crippen LogP contribution in [0, 0.1) is 5.41 Å². The fraction of sp³-hybridized carbons (Fsp3) is 0.960. The first kappa shape index (κ1) is 23.7. The van der Waals surface area contributed by atoms with Gasteiger partial charge in [-0.1, -0.05) is 124 Å². The van der Waals surface area contributed by atoms with E-state index < -0.39 is 0 Å². The first-order valence-electron chi connectivity index (χ1n) is 12.0.